The van der Waals surface area contributed by atoms with Gasteiger partial charge in [-0.25, -0.2) is 0 Å². The fourth-order valence-corrected chi connectivity index (χ4v) is 5.25. The lowest BCUT2D eigenvalue weighted by molar-refractivity contribution is 0.262. The normalized spacial score (nSPS) is 44.2. The molecular formula is C12H24NOP. The highest BCUT2D eigenvalue weighted by Gasteiger charge is 2.47. The molecular weight excluding hydrogens is 205 g/mol. The third-order valence-electron chi connectivity index (χ3n) is 3.94. The Hall–Kier alpha value is 0.350. The van der Waals surface area contributed by atoms with Crippen molar-refractivity contribution in [2.75, 3.05) is 13.3 Å². The molecule has 2 aliphatic heterocycles. The van der Waals surface area contributed by atoms with Crippen molar-refractivity contribution >= 4 is 8.30 Å². The van der Waals surface area contributed by atoms with Gasteiger partial charge in [0.05, 0.1) is 6.61 Å². The summed E-state index contributed by atoms with van der Waals surface area (Å²) in [7, 11) is -0.216. The zero-order valence-corrected chi connectivity index (χ0v) is 11.2. The zero-order chi connectivity index (χ0) is 10.8. The molecule has 2 saturated heterocycles. The molecule has 0 aromatic carbocycles. The molecule has 88 valence electrons. The van der Waals surface area contributed by atoms with Crippen LogP contribution in [0.3, 0.4) is 0 Å². The molecule has 15 heavy (non-hydrogen) atoms. The first kappa shape index (κ1) is 11.8. The van der Waals surface area contributed by atoms with E-state index in [0.29, 0.717) is 0 Å². The molecule has 3 fully saturated rings. The van der Waals surface area contributed by atoms with Crippen LogP contribution >= 0.6 is 8.30 Å². The lowest BCUT2D eigenvalue weighted by atomic mass is 9.85. The van der Waals surface area contributed by atoms with Gasteiger partial charge in [0.15, 0.2) is 0 Å². The second-order valence-corrected chi connectivity index (χ2v) is 6.29. The highest BCUT2D eigenvalue weighted by Crippen LogP contribution is 2.56. The first-order valence-corrected chi connectivity index (χ1v) is 8.17. The minimum absolute atomic E-state index is 0.216. The molecule has 0 aromatic rings. The SMILES string of the molecule is CC.CP1OCC2CC3CCCCC3N21. The van der Waals surface area contributed by atoms with Gasteiger partial charge in [0.2, 0.25) is 0 Å². The van der Waals surface area contributed by atoms with Crippen molar-refractivity contribution in [1.82, 2.24) is 4.67 Å². The molecule has 1 saturated carbocycles. The number of nitrogens with zero attached hydrogens (tertiary/aromatic N) is 1. The van der Waals surface area contributed by atoms with Crippen LogP contribution in [-0.4, -0.2) is 30.0 Å². The Morgan fingerprint density at radius 1 is 1.20 bits per heavy atom. The van der Waals surface area contributed by atoms with Crippen LogP contribution < -0.4 is 0 Å². The van der Waals surface area contributed by atoms with Gasteiger partial charge in [-0.15, -0.1) is 0 Å². The highest BCUT2D eigenvalue weighted by atomic mass is 31.2. The van der Waals surface area contributed by atoms with Gasteiger partial charge >= 0.3 is 0 Å². The molecule has 0 spiro atoms. The van der Waals surface area contributed by atoms with Gasteiger partial charge in [-0.3, -0.25) is 4.67 Å². The monoisotopic (exact) mass is 229 g/mol. The average molecular weight is 229 g/mol. The minimum Gasteiger partial charge on any atom is -0.342 e. The Kier molecular flexibility index (Phi) is 4.04. The van der Waals surface area contributed by atoms with E-state index in [1.54, 1.807) is 0 Å². The van der Waals surface area contributed by atoms with Gasteiger partial charge < -0.3 is 4.52 Å². The minimum atomic E-state index is -0.216. The van der Waals surface area contributed by atoms with E-state index < -0.39 is 0 Å². The van der Waals surface area contributed by atoms with E-state index in [0.717, 1.165) is 24.6 Å². The van der Waals surface area contributed by atoms with Crippen molar-refractivity contribution in [3.8, 4) is 0 Å². The van der Waals surface area contributed by atoms with Crippen molar-refractivity contribution in [2.24, 2.45) is 5.92 Å². The number of rotatable bonds is 0. The second-order valence-electron chi connectivity index (χ2n) is 4.64. The summed E-state index contributed by atoms with van der Waals surface area (Å²) < 4.78 is 8.48. The smallest absolute Gasteiger partial charge is 0.101 e. The maximum atomic E-state index is 5.76. The number of hydrogen-bond acceptors (Lipinski definition) is 2. The molecule has 4 unspecified atom stereocenters. The van der Waals surface area contributed by atoms with E-state index in [9.17, 15) is 0 Å². The summed E-state index contributed by atoms with van der Waals surface area (Å²) in [6.45, 7) is 7.31. The molecule has 2 heterocycles. The Balaban J connectivity index is 0.000000404. The van der Waals surface area contributed by atoms with Crippen LogP contribution in [0.2, 0.25) is 0 Å². The number of hydrogen-bond donors (Lipinski definition) is 0. The lowest BCUT2D eigenvalue weighted by Crippen LogP contribution is -2.32. The van der Waals surface area contributed by atoms with Crippen LogP contribution in [0.4, 0.5) is 0 Å². The van der Waals surface area contributed by atoms with Gasteiger partial charge in [-0.1, -0.05) is 26.7 Å². The van der Waals surface area contributed by atoms with Gasteiger partial charge in [-0.2, -0.15) is 0 Å². The average Bonchev–Trinajstić information content (AvgIpc) is 2.82. The molecule has 0 N–H and O–H groups in total. The third kappa shape index (κ3) is 2.09. The van der Waals surface area contributed by atoms with Crippen LogP contribution in [-0.2, 0) is 4.52 Å². The third-order valence-corrected chi connectivity index (χ3v) is 5.73. The van der Waals surface area contributed by atoms with Crippen LogP contribution in [0.15, 0.2) is 0 Å². The van der Waals surface area contributed by atoms with E-state index in [-0.39, 0.29) is 8.30 Å². The molecule has 3 aliphatic rings. The molecule has 4 atom stereocenters. The van der Waals surface area contributed by atoms with Crippen LogP contribution in [0.1, 0.15) is 46.0 Å². The van der Waals surface area contributed by atoms with Gasteiger partial charge in [0.1, 0.15) is 8.30 Å². The van der Waals surface area contributed by atoms with E-state index in [2.05, 4.69) is 11.3 Å². The molecule has 0 radical (unpaired) electrons. The standard InChI is InChI=1S/C10H18NOP.C2H6/c1-13-11-9(7-12-13)6-8-4-2-3-5-10(8)11;1-2/h8-10H,2-7H2,1H3;1-2H3. The van der Waals surface area contributed by atoms with Gasteiger partial charge in [0, 0.05) is 12.1 Å². The second kappa shape index (κ2) is 5.12. The highest BCUT2D eigenvalue weighted by molar-refractivity contribution is 7.49. The maximum Gasteiger partial charge on any atom is 0.101 e. The van der Waals surface area contributed by atoms with E-state index in [1.165, 1.54) is 32.1 Å². The molecule has 3 rings (SSSR count). The van der Waals surface area contributed by atoms with Crippen molar-refractivity contribution < 1.29 is 4.52 Å². The fraction of sp³-hybridized carbons (Fsp3) is 1.00. The molecule has 2 nitrogen and oxygen atoms in total. The van der Waals surface area contributed by atoms with Crippen molar-refractivity contribution in [2.45, 2.75) is 58.0 Å². The first-order chi connectivity index (χ1) is 7.36. The number of fused-ring (bicyclic) bond motifs is 3. The van der Waals surface area contributed by atoms with E-state index in [1.807, 2.05) is 13.8 Å². The van der Waals surface area contributed by atoms with Gasteiger partial charge in [-0.05, 0) is 31.8 Å². The molecule has 1 aliphatic carbocycles. The summed E-state index contributed by atoms with van der Waals surface area (Å²) in [5.41, 5.74) is 0. The van der Waals surface area contributed by atoms with E-state index in [4.69, 9.17) is 4.52 Å². The zero-order valence-electron chi connectivity index (χ0n) is 10.3. The summed E-state index contributed by atoms with van der Waals surface area (Å²) in [6.07, 6.45) is 7.28. The van der Waals surface area contributed by atoms with Crippen LogP contribution in [0.5, 0.6) is 0 Å². The predicted octanol–water partition coefficient (Wildman–Crippen LogP) is 3.62. The van der Waals surface area contributed by atoms with Crippen molar-refractivity contribution in [3.63, 3.8) is 0 Å². The molecule has 0 bridgehead atoms. The molecule has 3 heteroatoms. The van der Waals surface area contributed by atoms with Crippen molar-refractivity contribution in [3.05, 3.63) is 0 Å². The largest absolute Gasteiger partial charge is 0.342 e. The summed E-state index contributed by atoms with van der Waals surface area (Å²) in [4.78, 5) is 0. The van der Waals surface area contributed by atoms with E-state index >= 15 is 0 Å². The summed E-state index contributed by atoms with van der Waals surface area (Å²) in [5, 5.41) is 0. The topological polar surface area (TPSA) is 12.5 Å². The van der Waals surface area contributed by atoms with Gasteiger partial charge in [0.25, 0.3) is 0 Å². The summed E-state index contributed by atoms with van der Waals surface area (Å²) in [6, 6.07) is 1.70. The summed E-state index contributed by atoms with van der Waals surface area (Å²) >= 11 is 0. The Morgan fingerprint density at radius 2 is 1.93 bits per heavy atom. The Labute approximate surface area is 95.3 Å². The predicted molar refractivity (Wildman–Crippen MR) is 66.1 cm³/mol. The quantitative estimate of drug-likeness (QED) is 0.588. The molecule has 0 amide bonds. The van der Waals surface area contributed by atoms with Crippen LogP contribution in [0, 0.1) is 5.92 Å². The first-order valence-electron chi connectivity index (χ1n) is 6.51. The van der Waals surface area contributed by atoms with Crippen molar-refractivity contribution in [1.29, 1.82) is 0 Å². The maximum absolute atomic E-state index is 5.76. The van der Waals surface area contributed by atoms with Crippen LogP contribution in [0.25, 0.3) is 0 Å². The molecule has 0 aromatic heterocycles. The fourth-order valence-electron chi connectivity index (χ4n) is 3.38. The lowest BCUT2D eigenvalue weighted by Gasteiger charge is -2.32. The Morgan fingerprint density at radius 3 is 2.73 bits per heavy atom. The summed E-state index contributed by atoms with van der Waals surface area (Å²) in [5.74, 6) is 1.02. The Bertz CT molecular complexity index is 210.